The van der Waals surface area contributed by atoms with Gasteiger partial charge in [0.2, 0.25) is 0 Å². The van der Waals surface area contributed by atoms with Gasteiger partial charge in [-0.15, -0.1) is 0 Å². The van der Waals surface area contributed by atoms with Crippen LogP contribution < -0.4 is 5.32 Å². The topological polar surface area (TPSA) is 117 Å². The van der Waals surface area contributed by atoms with E-state index >= 15 is 0 Å². The summed E-state index contributed by atoms with van der Waals surface area (Å²) >= 11 is 7.66. The number of rotatable bonds is 10. The highest BCUT2D eigenvalue weighted by Crippen LogP contribution is 2.37. The number of thiazole rings is 1. The van der Waals surface area contributed by atoms with E-state index in [4.69, 9.17) is 11.6 Å². The second kappa shape index (κ2) is 13.9. The number of carbonyl (C=O) groups is 2. The number of sulfone groups is 1. The molecule has 4 aromatic rings. The van der Waals surface area contributed by atoms with Crippen molar-refractivity contribution in [3.8, 4) is 11.3 Å². The Labute approximate surface area is 266 Å². The van der Waals surface area contributed by atoms with E-state index in [1.807, 2.05) is 41.3 Å². The third-order valence-corrected chi connectivity index (χ3v) is 10.5. The molecular weight excluding hydrogens is 618 g/mol. The van der Waals surface area contributed by atoms with Crippen LogP contribution in [0.4, 0.5) is 9.93 Å². The van der Waals surface area contributed by atoms with Gasteiger partial charge in [-0.2, -0.15) is 0 Å². The molecule has 0 bridgehead atoms. The van der Waals surface area contributed by atoms with Gasteiger partial charge in [-0.05, 0) is 55.4 Å². The predicted molar refractivity (Wildman–Crippen MR) is 174 cm³/mol. The SMILES string of the molecule is CS(=O)(=O)c1ccc(-c2nc(NC(=O)N(CCC(c3ccccc3)c3ccccc3)[C@H]3CC[C@H](C(=O)O)CC3)sc2Cl)cc1. The van der Waals surface area contributed by atoms with Crippen molar-refractivity contribution in [1.82, 2.24) is 9.88 Å². The molecule has 0 saturated heterocycles. The highest BCUT2D eigenvalue weighted by molar-refractivity contribution is 7.90. The first-order chi connectivity index (χ1) is 21.1. The third-order valence-electron chi connectivity index (χ3n) is 8.17. The summed E-state index contributed by atoms with van der Waals surface area (Å²) in [6.45, 7) is 0.460. The average molecular weight is 652 g/mol. The standard InChI is InChI=1S/C33H34ClN3O5S2/c1-44(41,42)27-18-14-24(15-19-27)29-30(34)43-32(35-29)36-33(40)37(26-16-12-25(13-17-26)31(38)39)21-20-28(22-8-4-2-5-9-22)23-10-6-3-7-11-23/h2-11,14-15,18-19,25-26,28H,12-13,16-17,20-21H2,1H3,(H,38,39)(H,35,36,40)/t25-,26-. The van der Waals surface area contributed by atoms with Gasteiger partial charge in [0, 0.05) is 30.3 Å². The molecule has 2 N–H and O–H groups in total. The number of hydrogen-bond donors (Lipinski definition) is 2. The Morgan fingerprint density at radius 2 is 1.52 bits per heavy atom. The lowest BCUT2D eigenvalue weighted by molar-refractivity contribution is -0.143. The number of nitrogens with one attached hydrogen (secondary N) is 1. The Kier molecular flexibility index (Phi) is 10.0. The number of nitrogens with zero attached hydrogens (tertiary/aromatic N) is 2. The van der Waals surface area contributed by atoms with Crippen LogP contribution in [-0.2, 0) is 14.6 Å². The van der Waals surface area contributed by atoms with E-state index in [-0.39, 0.29) is 22.9 Å². The first-order valence-corrected chi connectivity index (χ1v) is 17.6. The highest BCUT2D eigenvalue weighted by atomic mass is 35.5. The van der Waals surface area contributed by atoms with Crippen molar-refractivity contribution in [3.63, 3.8) is 0 Å². The molecule has 8 nitrogen and oxygen atoms in total. The molecule has 2 amide bonds. The largest absolute Gasteiger partial charge is 0.481 e. The minimum atomic E-state index is -3.34. The predicted octanol–water partition coefficient (Wildman–Crippen LogP) is 7.57. The van der Waals surface area contributed by atoms with Gasteiger partial charge in [-0.1, -0.05) is 95.7 Å². The van der Waals surface area contributed by atoms with Crippen molar-refractivity contribution in [2.45, 2.75) is 49.0 Å². The number of urea groups is 1. The summed E-state index contributed by atoms with van der Waals surface area (Å²) in [4.78, 5) is 32.1. The van der Waals surface area contributed by atoms with Crippen molar-refractivity contribution in [2.75, 3.05) is 18.1 Å². The number of anilines is 1. The number of carboxylic acids is 1. The zero-order chi connectivity index (χ0) is 31.3. The molecule has 230 valence electrons. The maximum Gasteiger partial charge on any atom is 0.323 e. The molecule has 5 rings (SSSR count). The Balaban J connectivity index is 1.37. The van der Waals surface area contributed by atoms with E-state index in [0.717, 1.165) is 28.7 Å². The number of halogens is 1. The van der Waals surface area contributed by atoms with Crippen molar-refractivity contribution in [1.29, 1.82) is 0 Å². The molecule has 1 aliphatic rings. The number of aromatic nitrogens is 1. The van der Waals surface area contributed by atoms with Gasteiger partial charge in [-0.25, -0.2) is 18.2 Å². The zero-order valence-corrected chi connectivity index (χ0v) is 26.6. The maximum absolute atomic E-state index is 13.9. The second-order valence-corrected chi connectivity index (χ2v) is 14.7. The normalized spacial score (nSPS) is 16.9. The fraction of sp³-hybridized carbons (Fsp3) is 0.303. The van der Waals surface area contributed by atoms with Crippen LogP contribution in [0.2, 0.25) is 4.34 Å². The lowest BCUT2D eigenvalue weighted by Crippen LogP contribution is -2.46. The molecule has 1 fully saturated rings. The van der Waals surface area contributed by atoms with Crippen molar-refractivity contribution >= 4 is 49.9 Å². The molecule has 0 unspecified atom stereocenters. The summed E-state index contributed by atoms with van der Waals surface area (Å²) < 4.78 is 24.1. The van der Waals surface area contributed by atoms with Gasteiger partial charge in [0.05, 0.1) is 10.8 Å². The Morgan fingerprint density at radius 1 is 0.955 bits per heavy atom. The molecule has 11 heteroatoms. The molecule has 0 radical (unpaired) electrons. The third kappa shape index (κ3) is 7.67. The van der Waals surface area contributed by atoms with Crippen molar-refractivity contribution < 1.29 is 23.1 Å². The minimum Gasteiger partial charge on any atom is -0.481 e. The summed E-state index contributed by atoms with van der Waals surface area (Å²) in [5.41, 5.74) is 3.41. The van der Waals surface area contributed by atoms with Gasteiger partial charge >= 0.3 is 12.0 Å². The van der Waals surface area contributed by atoms with Crippen LogP contribution in [0.15, 0.2) is 89.8 Å². The number of aliphatic carboxylic acids is 1. The van der Waals surface area contributed by atoms with Gasteiger partial charge in [0.25, 0.3) is 0 Å². The number of carbonyl (C=O) groups excluding carboxylic acids is 1. The van der Waals surface area contributed by atoms with Gasteiger partial charge in [0.15, 0.2) is 15.0 Å². The fourth-order valence-electron chi connectivity index (χ4n) is 5.81. The summed E-state index contributed by atoms with van der Waals surface area (Å²) in [6.07, 6.45) is 4.05. The van der Waals surface area contributed by atoms with Crippen LogP contribution in [0.5, 0.6) is 0 Å². The zero-order valence-electron chi connectivity index (χ0n) is 24.2. The summed E-state index contributed by atoms with van der Waals surface area (Å²) in [5.74, 6) is -1.12. The van der Waals surface area contributed by atoms with Crippen LogP contribution >= 0.6 is 22.9 Å². The molecule has 1 aliphatic carbocycles. The molecular formula is C33H34ClN3O5S2. The van der Waals surface area contributed by atoms with E-state index < -0.39 is 21.7 Å². The van der Waals surface area contributed by atoms with E-state index in [0.29, 0.717) is 59.4 Å². The lowest BCUT2D eigenvalue weighted by atomic mass is 9.84. The Bertz CT molecular complexity index is 1650. The highest BCUT2D eigenvalue weighted by Gasteiger charge is 2.32. The van der Waals surface area contributed by atoms with Gasteiger partial charge < -0.3 is 10.0 Å². The van der Waals surface area contributed by atoms with Crippen LogP contribution in [-0.4, -0.2) is 54.3 Å². The minimum absolute atomic E-state index is 0.0684. The molecule has 0 spiro atoms. The fourth-order valence-corrected chi connectivity index (χ4v) is 7.51. The molecule has 1 aromatic heterocycles. The van der Waals surface area contributed by atoms with E-state index in [1.54, 1.807) is 12.1 Å². The van der Waals surface area contributed by atoms with Crippen LogP contribution in [0, 0.1) is 5.92 Å². The second-order valence-electron chi connectivity index (χ2n) is 11.1. The molecule has 3 aromatic carbocycles. The van der Waals surface area contributed by atoms with Gasteiger partial charge in [0.1, 0.15) is 10.0 Å². The van der Waals surface area contributed by atoms with Crippen molar-refractivity contribution in [2.24, 2.45) is 5.92 Å². The molecule has 44 heavy (non-hydrogen) atoms. The average Bonchev–Trinajstić information content (AvgIpc) is 3.39. The maximum atomic E-state index is 13.9. The smallest absolute Gasteiger partial charge is 0.323 e. The molecule has 0 atom stereocenters. The van der Waals surface area contributed by atoms with Crippen LogP contribution in [0.25, 0.3) is 11.3 Å². The monoisotopic (exact) mass is 651 g/mol. The van der Waals surface area contributed by atoms with Crippen LogP contribution in [0.1, 0.15) is 49.1 Å². The number of benzene rings is 3. The van der Waals surface area contributed by atoms with E-state index in [9.17, 15) is 23.1 Å². The van der Waals surface area contributed by atoms with Gasteiger partial charge in [-0.3, -0.25) is 10.1 Å². The Morgan fingerprint density at radius 3 is 2.05 bits per heavy atom. The lowest BCUT2D eigenvalue weighted by Gasteiger charge is -2.36. The van der Waals surface area contributed by atoms with E-state index in [1.165, 1.54) is 12.1 Å². The number of hydrogen-bond acceptors (Lipinski definition) is 6. The first kappa shape index (κ1) is 31.7. The molecule has 1 saturated carbocycles. The number of amides is 2. The summed E-state index contributed by atoms with van der Waals surface area (Å²) in [6, 6.07) is 26.3. The Hall–Kier alpha value is -3.73. The quantitative estimate of drug-likeness (QED) is 0.183. The number of carboxylic acid groups (broad SMARTS) is 1. The summed E-state index contributed by atoms with van der Waals surface area (Å²) in [7, 11) is -3.34. The molecule has 0 aliphatic heterocycles. The van der Waals surface area contributed by atoms with Crippen LogP contribution in [0.3, 0.4) is 0 Å². The molecule has 1 heterocycles. The van der Waals surface area contributed by atoms with Crippen molar-refractivity contribution in [3.05, 3.63) is 100 Å². The first-order valence-electron chi connectivity index (χ1n) is 14.5. The van der Waals surface area contributed by atoms with E-state index in [2.05, 4.69) is 34.6 Å². The summed E-state index contributed by atoms with van der Waals surface area (Å²) in [5, 5.41) is 12.8.